The Bertz CT molecular complexity index is 819. The van der Waals surface area contributed by atoms with E-state index in [4.69, 9.17) is 14.2 Å². The predicted octanol–water partition coefficient (Wildman–Crippen LogP) is 4.00. The maximum atomic E-state index is 12.8. The van der Waals surface area contributed by atoms with E-state index in [1.54, 1.807) is 39.2 Å². The molecule has 0 saturated carbocycles. The second kappa shape index (κ2) is 8.86. The molecule has 0 aromatic heterocycles. The van der Waals surface area contributed by atoms with E-state index in [2.05, 4.69) is 0 Å². The van der Waals surface area contributed by atoms with E-state index in [9.17, 15) is 4.79 Å². The molecule has 2 aromatic carbocycles. The molecule has 27 heavy (non-hydrogen) atoms. The number of hydrogen-bond acceptors (Lipinski definition) is 5. The van der Waals surface area contributed by atoms with Crippen molar-refractivity contribution in [2.45, 2.75) is 5.37 Å². The molecular formula is C21H23NO4S. The molecule has 3 rings (SSSR count). The van der Waals surface area contributed by atoms with E-state index in [0.29, 0.717) is 6.54 Å². The van der Waals surface area contributed by atoms with Crippen molar-refractivity contribution in [2.24, 2.45) is 0 Å². The van der Waals surface area contributed by atoms with E-state index in [-0.39, 0.29) is 11.3 Å². The molecule has 142 valence electrons. The summed E-state index contributed by atoms with van der Waals surface area (Å²) in [7, 11) is 4.90. The van der Waals surface area contributed by atoms with Crippen LogP contribution in [0.3, 0.4) is 0 Å². The fraction of sp³-hybridized carbons (Fsp3) is 0.286. The summed E-state index contributed by atoms with van der Waals surface area (Å²) in [5.74, 6) is 3.16. The van der Waals surface area contributed by atoms with Gasteiger partial charge in [-0.15, -0.1) is 11.8 Å². The first-order chi connectivity index (χ1) is 13.2. The highest BCUT2D eigenvalue weighted by Crippen LogP contribution is 2.43. The summed E-state index contributed by atoms with van der Waals surface area (Å²) in [5, 5.41) is -0.0944. The third-order valence-electron chi connectivity index (χ3n) is 4.41. The van der Waals surface area contributed by atoms with Crippen LogP contribution in [0, 0.1) is 0 Å². The van der Waals surface area contributed by atoms with Crippen molar-refractivity contribution in [3.63, 3.8) is 0 Å². The zero-order valence-electron chi connectivity index (χ0n) is 15.7. The second-order valence-electron chi connectivity index (χ2n) is 5.97. The van der Waals surface area contributed by atoms with Crippen molar-refractivity contribution < 1.29 is 19.0 Å². The first-order valence-corrected chi connectivity index (χ1v) is 9.67. The van der Waals surface area contributed by atoms with Crippen molar-refractivity contribution in [1.82, 2.24) is 4.90 Å². The van der Waals surface area contributed by atoms with Gasteiger partial charge in [-0.3, -0.25) is 4.79 Å². The van der Waals surface area contributed by atoms with Gasteiger partial charge in [0.25, 0.3) is 0 Å². The molecule has 1 saturated heterocycles. The number of nitrogens with zero attached hydrogens (tertiary/aromatic N) is 1. The van der Waals surface area contributed by atoms with Crippen molar-refractivity contribution in [1.29, 1.82) is 0 Å². The minimum Gasteiger partial charge on any atom is -0.497 e. The number of thioether (sulfide) groups is 1. The molecule has 5 nitrogen and oxygen atoms in total. The molecule has 1 heterocycles. The normalized spacial score (nSPS) is 16.6. The number of methoxy groups -OCH3 is 3. The smallest absolute Gasteiger partial charge is 0.247 e. The molecule has 6 heteroatoms. The van der Waals surface area contributed by atoms with Crippen LogP contribution in [0.1, 0.15) is 16.5 Å². The van der Waals surface area contributed by atoms with E-state index in [0.717, 1.165) is 34.1 Å². The van der Waals surface area contributed by atoms with Gasteiger partial charge in [-0.05, 0) is 42.0 Å². The van der Waals surface area contributed by atoms with Gasteiger partial charge in [0.15, 0.2) is 0 Å². The average molecular weight is 385 g/mol. The number of carbonyl (C=O) groups excluding carboxylic acids is 1. The minimum absolute atomic E-state index is 0.0225. The van der Waals surface area contributed by atoms with Crippen molar-refractivity contribution in [2.75, 3.05) is 33.6 Å². The van der Waals surface area contributed by atoms with E-state index < -0.39 is 0 Å². The number of amides is 1. The van der Waals surface area contributed by atoms with Gasteiger partial charge in [-0.1, -0.05) is 12.1 Å². The Balaban J connectivity index is 1.79. The molecule has 0 N–H and O–H groups in total. The lowest BCUT2D eigenvalue weighted by Crippen LogP contribution is -2.29. The zero-order valence-corrected chi connectivity index (χ0v) is 16.5. The van der Waals surface area contributed by atoms with Gasteiger partial charge in [-0.2, -0.15) is 0 Å². The minimum atomic E-state index is -0.0944. The van der Waals surface area contributed by atoms with E-state index in [1.165, 1.54) is 0 Å². The van der Waals surface area contributed by atoms with Gasteiger partial charge in [0.05, 0.1) is 21.3 Å². The number of benzene rings is 2. The Morgan fingerprint density at radius 2 is 1.74 bits per heavy atom. The van der Waals surface area contributed by atoms with Crippen molar-refractivity contribution in [3.05, 3.63) is 59.7 Å². The SMILES string of the molecule is COc1ccc(/C=C/C(=O)N2CCSC2c2cc(OC)ccc2OC)cc1. The van der Waals surface area contributed by atoms with Crippen LogP contribution in [0.2, 0.25) is 0 Å². The molecule has 0 radical (unpaired) electrons. The fourth-order valence-electron chi connectivity index (χ4n) is 2.96. The Morgan fingerprint density at radius 1 is 1.04 bits per heavy atom. The fourth-order valence-corrected chi connectivity index (χ4v) is 4.24. The maximum Gasteiger partial charge on any atom is 0.247 e. The first kappa shape index (κ1) is 19.2. The van der Waals surface area contributed by atoms with Crippen molar-refractivity contribution >= 4 is 23.7 Å². The summed E-state index contributed by atoms with van der Waals surface area (Å²) in [5.41, 5.74) is 1.90. The van der Waals surface area contributed by atoms with Crippen molar-refractivity contribution in [3.8, 4) is 17.2 Å². The van der Waals surface area contributed by atoms with Crippen LogP contribution >= 0.6 is 11.8 Å². The summed E-state index contributed by atoms with van der Waals surface area (Å²) >= 11 is 1.73. The summed E-state index contributed by atoms with van der Waals surface area (Å²) in [6.07, 6.45) is 3.44. The Kier molecular flexibility index (Phi) is 6.29. The van der Waals surface area contributed by atoms with Gasteiger partial charge in [0.2, 0.25) is 5.91 Å². The number of carbonyl (C=O) groups is 1. The molecule has 1 unspecified atom stereocenters. The molecule has 0 aliphatic carbocycles. The first-order valence-electron chi connectivity index (χ1n) is 8.62. The van der Waals surface area contributed by atoms with Crippen LogP contribution < -0.4 is 14.2 Å². The third kappa shape index (κ3) is 4.39. The van der Waals surface area contributed by atoms with Gasteiger partial charge < -0.3 is 19.1 Å². The Morgan fingerprint density at radius 3 is 2.41 bits per heavy atom. The molecule has 2 aromatic rings. The topological polar surface area (TPSA) is 48.0 Å². The lowest BCUT2D eigenvalue weighted by atomic mass is 10.1. The van der Waals surface area contributed by atoms with E-state index >= 15 is 0 Å². The van der Waals surface area contributed by atoms with Crippen LogP contribution in [0.5, 0.6) is 17.2 Å². The van der Waals surface area contributed by atoms with E-state index in [1.807, 2.05) is 53.4 Å². The monoisotopic (exact) mass is 385 g/mol. The van der Waals surface area contributed by atoms with Crippen LogP contribution in [-0.2, 0) is 4.79 Å². The third-order valence-corrected chi connectivity index (χ3v) is 5.65. The molecule has 0 spiro atoms. The molecular weight excluding hydrogens is 362 g/mol. The second-order valence-corrected chi connectivity index (χ2v) is 7.16. The summed E-state index contributed by atoms with van der Waals surface area (Å²) < 4.78 is 16.0. The van der Waals surface area contributed by atoms with Crippen LogP contribution in [0.25, 0.3) is 6.08 Å². The van der Waals surface area contributed by atoms with Gasteiger partial charge in [0, 0.05) is 23.9 Å². The van der Waals surface area contributed by atoms with Gasteiger partial charge in [-0.25, -0.2) is 0 Å². The summed E-state index contributed by atoms with van der Waals surface area (Å²) in [6.45, 7) is 0.696. The molecule has 1 aliphatic rings. The zero-order chi connectivity index (χ0) is 19.2. The number of hydrogen-bond donors (Lipinski definition) is 0. The van der Waals surface area contributed by atoms with Crippen LogP contribution in [0.4, 0.5) is 0 Å². The molecule has 0 bridgehead atoms. The largest absolute Gasteiger partial charge is 0.497 e. The number of ether oxygens (including phenoxy) is 3. The molecule has 1 aliphatic heterocycles. The molecule has 1 fully saturated rings. The lowest BCUT2D eigenvalue weighted by molar-refractivity contribution is -0.126. The van der Waals surface area contributed by atoms with Gasteiger partial charge in [0.1, 0.15) is 22.6 Å². The maximum absolute atomic E-state index is 12.8. The average Bonchev–Trinajstić information content (AvgIpc) is 3.21. The Hall–Kier alpha value is -2.60. The highest BCUT2D eigenvalue weighted by Gasteiger charge is 2.31. The predicted molar refractivity (Wildman–Crippen MR) is 108 cm³/mol. The molecule has 1 amide bonds. The number of rotatable bonds is 6. The van der Waals surface area contributed by atoms with Crippen LogP contribution in [-0.4, -0.2) is 44.4 Å². The molecule has 1 atom stereocenters. The highest BCUT2D eigenvalue weighted by molar-refractivity contribution is 7.99. The quantitative estimate of drug-likeness (QED) is 0.704. The van der Waals surface area contributed by atoms with Gasteiger partial charge >= 0.3 is 0 Å². The van der Waals surface area contributed by atoms with Crippen LogP contribution in [0.15, 0.2) is 48.5 Å². The lowest BCUT2D eigenvalue weighted by Gasteiger charge is -2.24. The highest BCUT2D eigenvalue weighted by atomic mass is 32.2. The summed E-state index contributed by atoms with van der Waals surface area (Å²) in [6, 6.07) is 13.3. The summed E-state index contributed by atoms with van der Waals surface area (Å²) in [4.78, 5) is 14.7. The standard InChI is InChI=1S/C21H23NO4S/c1-24-16-7-4-15(5-8-16)6-11-20(23)22-12-13-27-21(22)18-14-17(25-2)9-10-19(18)26-3/h4-11,14,21H,12-13H2,1-3H3/b11-6+. The Labute approximate surface area is 163 Å².